The SMILES string of the molecule is CCOC(=O)/C(N=Nc1ccccc1OCCCOc1ccccc1N=N/C(C(=O)OCC)=C(\O)c1ccccc1)=C(/O)c1ccccc1. The smallest absolute Gasteiger partial charge is 0.362 e. The maximum absolute atomic E-state index is 12.6. The molecule has 12 nitrogen and oxygen atoms in total. The second-order valence-electron chi connectivity index (χ2n) is 9.95. The molecule has 252 valence electrons. The van der Waals surface area contributed by atoms with E-state index in [0.29, 0.717) is 40.4 Å². The summed E-state index contributed by atoms with van der Waals surface area (Å²) in [6.07, 6.45) is 0.461. The van der Waals surface area contributed by atoms with Gasteiger partial charge in [0.05, 0.1) is 26.4 Å². The lowest BCUT2D eigenvalue weighted by atomic mass is 10.1. The molecule has 0 atom stereocenters. The maximum Gasteiger partial charge on any atom is 0.362 e. The lowest BCUT2D eigenvalue weighted by molar-refractivity contribution is -0.139. The van der Waals surface area contributed by atoms with E-state index >= 15 is 0 Å². The van der Waals surface area contributed by atoms with E-state index in [1.54, 1.807) is 123 Å². The number of carbonyl (C=O) groups is 2. The summed E-state index contributed by atoms with van der Waals surface area (Å²) in [5.74, 6) is -1.55. The number of carbonyl (C=O) groups excluding carboxylic acids is 2. The van der Waals surface area contributed by atoms with Gasteiger partial charge in [-0.1, -0.05) is 84.9 Å². The van der Waals surface area contributed by atoms with Crippen molar-refractivity contribution in [3.8, 4) is 11.5 Å². The Morgan fingerprint density at radius 3 is 1.31 bits per heavy atom. The average Bonchev–Trinajstić information content (AvgIpc) is 3.13. The van der Waals surface area contributed by atoms with Crippen LogP contribution in [-0.2, 0) is 19.1 Å². The largest absolute Gasteiger partial charge is 0.505 e. The summed E-state index contributed by atoms with van der Waals surface area (Å²) in [5.41, 5.74) is 0.762. The fourth-order valence-electron chi connectivity index (χ4n) is 4.19. The maximum atomic E-state index is 12.6. The molecule has 12 heteroatoms. The first-order valence-electron chi connectivity index (χ1n) is 15.5. The molecule has 0 saturated carbocycles. The number of aliphatic hydroxyl groups excluding tert-OH is 2. The van der Waals surface area contributed by atoms with Crippen LogP contribution in [0.1, 0.15) is 31.4 Å². The van der Waals surface area contributed by atoms with Gasteiger partial charge < -0.3 is 29.2 Å². The molecule has 0 aliphatic carbocycles. The summed E-state index contributed by atoms with van der Waals surface area (Å²) in [6, 6.07) is 30.7. The normalized spacial score (nSPS) is 12.3. The fourth-order valence-corrected chi connectivity index (χ4v) is 4.19. The van der Waals surface area contributed by atoms with Crippen molar-refractivity contribution >= 4 is 34.8 Å². The second kappa shape index (κ2) is 18.7. The molecule has 0 amide bonds. The number of hydrogen-bond donors (Lipinski definition) is 2. The number of azo groups is 2. The van der Waals surface area contributed by atoms with E-state index in [4.69, 9.17) is 18.9 Å². The highest BCUT2D eigenvalue weighted by Crippen LogP contribution is 2.31. The number of para-hydroxylation sites is 2. The van der Waals surface area contributed by atoms with Crippen molar-refractivity contribution in [1.29, 1.82) is 0 Å². The summed E-state index contributed by atoms with van der Waals surface area (Å²) in [4.78, 5) is 25.2. The number of ether oxygens (including phenoxy) is 4. The van der Waals surface area contributed by atoms with Crippen molar-refractivity contribution in [3.05, 3.63) is 132 Å². The van der Waals surface area contributed by atoms with E-state index in [9.17, 15) is 19.8 Å². The summed E-state index contributed by atoms with van der Waals surface area (Å²) in [7, 11) is 0. The second-order valence-corrected chi connectivity index (χ2v) is 9.95. The van der Waals surface area contributed by atoms with Gasteiger partial charge in [0, 0.05) is 17.5 Å². The number of benzene rings is 4. The molecule has 0 spiro atoms. The van der Waals surface area contributed by atoms with E-state index in [2.05, 4.69) is 20.5 Å². The van der Waals surface area contributed by atoms with Gasteiger partial charge in [0.1, 0.15) is 22.9 Å². The first-order chi connectivity index (χ1) is 23.9. The van der Waals surface area contributed by atoms with E-state index in [-0.39, 0.29) is 49.3 Å². The van der Waals surface area contributed by atoms with Gasteiger partial charge in [0.2, 0.25) is 11.4 Å². The summed E-state index contributed by atoms with van der Waals surface area (Å²) < 4.78 is 22.0. The standard InChI is InChI=1S/C37H36N4O8/c1-3-46-36(44)32(34(42)26-16-7-5-8-17-26)40-38-28-20-11-13-22-30(28)48-24-15-25-49-31-23-14-12-21-29(31)39-41-33(37(45)47-4-2)35(43)27-18-9-6-10-19-27/h5-14,16-23,42-43H,3-4,15,24-25H2,1-2H3/b34-32-,35-33-,40-38?,41-39?. The Morgan fingerprint density at radius 1 is 0.551 bits per heavy atom. The molecular formula is C37H36N4O8. The molecular weight excluding hydrogens is 628 g/mol. The number of hydrogen-bond acceptors (Lipinski definition) is 12. The third kappa shape index (κ3) is 10.3. The molecule has 2 N–H and O–H groups in total. The van der Waals surface area contributed by atoms with E-state index in [1.165, 1.54) is 0 Å². The van der Waals surface area contributed by atoms with Crippen LogP contribution in [0, 0.1) is 0 Å². The predicted molar refractivity (Wildman–Crippen MR) is 183 cm³/mol. The zero-order valence-electron chi connectivity index (χ0n) is 27.1. The van der Waals surface area contributed by atoms with Gasteiger partial charge in [0.25, 0.3) is 0 Å². The monoisotopic (exact) mass is 664 g/mol. The highest BCUT2D eigenvalue weighted by molar-refractivity contribution is 5.96. The minimum absolute atomic E-state index is 0.0958. The van der Waals surface area contributed by atoms with Crippen LogP contribution < -0.4 is 9.47 Å². The topological polar surface area (TPSA) is 161 Å². The third-order valence-corrected chi connectivity index (χ3v) is 6.53. The molecule has 0 aliphatic rings. The number of esters is 2. The average molecular weight is 665 g/mol. The molecule has 0 bridgehead atoms. The van der Waals surface area contributed by atoms with Crippen molar-refractivity contribution in [2.75, 3.05) is 26.4 Å². The number of aliphatic hydroxyl groups is 2. The Kier molecular flexibility index (Phi) is 13.6. The van der Waals surface area contributed by atoms with Crippen LogP contribution >= 0.6 is 0 Å². The highest BCUT2D eigenvalue weighted by Gasteiger charge is 2.20. The Labute approximate surface area is 283 Å². The van der Waals surface area contributed by atoms with Crippen molar-refractivity contribution in [3.63, 3.8) is 0 Å². The van der Waals surface area contributed by atoms with Gasteiger partial charge in [-0.05, 0) is 38.1 Å². The van der Waals surface area contributed by atoms with Gasteiger partial charge in [0.15, 0.2) is 11.5 Å². The lowest BCUT2D eigenvalue weighted by Gasteiger charge is -2.11. The fraction of sp³-hybridized carbons (Fsp3) is 0.189. The summed E-state index contributed by atoms with van der Waals surface area (Å²) >= 11 is 0. The minimum atomic E-state index is -0.816. The van der Waals surface area contributed by atoms with Gasteiger partial charge in [-0.15, -0.1) is 20.5 Å². The molecule has 0 saturated heterocycles. The molecule has 4 aromatic carbocycles. The number of nitrogens with zero attached hydrogens (tertiary/aromatic N) is 4. The van der Waals surface area contributed by atoms with Gasteiger partial charge in [-0.3, -0.25) is 0 Å². The predicted octanol–water partition coefficient (Wildman–Crippen LogP) is 8.68. The molecule has 0 fully saturated rings. The minimum Gasteiger partial charge on any atom is -0.505 e. The first kappa shape index (κ1) is 35.6. The van der Waals surface area contributed by atoms with Crippen LogP contribution in [0.3, 0.4) is 0 Å². The van der Waals surface area contributed by atoms with Crippen molar-refractivity contribution in [2.45, 2.75) is 20.3 Å². The molecule has 0 aliphatic heterocycles. The summed E-state index contributed by atoms with van der Waals surface area (Å²) in [5, 5.41) is 37.9. The van der Waals surface area contributed by atoms with Crippen LogP contribution in [0.2, 0.25) is 0 Å². The quantitative estimate of drug-likeness (QED) is 0.0395. The third-order valence-electron chi connectivity index (χ3n) is 6.53. The van der Waals surface area contributed by atoms with Crippen molar-refractivity contribution in [1.82, 2.24) is 0 Å². The zero-order valence-corrected chi connectivity index (χ0v) is 27.1. The molecule has 0 heterocycles. The van der Waals surface area contributed by atoms with E-state index in [1.807, 2.05) is 0 Å². The van der Waals surface area contributed by atoms with Gasteiger partial charge >= 0.3 is 11.9 Å². The van der Waals surface area contributed by atoms with Crippen molar-refractivity contribution in [2.24, 2.45) is 20.5 Å². The van der Waals surface area contributed by atoms with Crippen LogP contribution in [-0.4, -0.2) is 48.6 Å². The van der Waals surface area contributed by atoms with E-state index < -0.39 is 11.9 Å². The van der Waals surface area contributed by atoms with Crippen LogP contribution in [0.5, 0.6) is 11.5 Å². The molecule has 0 unspecified atom stereocenters. The van der Waals surface area contributed by atoms with Gasteiger partial charge in [-0.2, -0.15) is 0 Å². The molecule has 0 radical (unpaired) electrons. The first-order valence-corrected chi connectivity index (χ1v) is 15.5. The molecule has 4 aromatic rings. The van der Waals surface area contributed by atoms with Gasteiger partial charge in [-0.25, -0.2) is 9.59 Å². The van der Waals surface area contributed by atoms with Crippen LogP contribution in [0.15, 0.2) is 141 Å². The molecule has 4 rings (SSSR count). The van der Waals surface area contributed by atoms with E-state index in [0.717, 1.165) is 0 Å². The Bertz CT molecular complexity index is 1690. The molecule has 49 heavy (non-hydrogen) atoms. The summed E-state index contributed by atoms with van der Waals surface area (Å²) in [6.45, 7) is 3.98. The number of rotatable bonds is 16. The van der Waals surface area contributed by atoms with Crippen LogP contribution in [0.25, 0.3) is 11.5 Å². The Morgan fingerprint density at radius 2 is 0.918 bits per heavy atom. The highest BCUT2D eigenvalue weighted by atomic mass is 16.5. The Balaban J connectivity index is 1.41. The molecule has 0 aromatic heterocycles. The van der Waals surface area contributed by atoms with Crippen LogP contribution in [0.4, 0.5) is 11.4 Å². The zero-order chi connectivity index (χ0) is 34.8. The van der Waals surface area contributed by atoms with Crippen molar-refractivity contribution < 1.29 is 38.7 Å². The lowest BCUT2D eigenvalue weighted by Crippen LogP contribution is -2.08. The Hall–Kier alpha value is -6.30.